The Morgan fingerprint density at radius 3 is 2.30 bits per heavy atom. The van der Waals surface area contributed by atoms with E-state index in [0.29, 0.717) is 24.5 Å². The summed E-state index contributed by atoms with van der Waals surface area (Å²) in [7, 11) is 0. The van der Waals surface area contributed by atoms with Crippen molar-refractivity contribution in [1.82, 2.24) is 10.3 Å². The molecule has 2 rings (SSSR count). The largest absolute Gasteiger partial charge is 0.490 e. The normalized spacial score (nSPS) is 12.0. The molecule has 0 spiro atoms. The Kier molecular flexibility index (Phi) is 7.22. The molecule has 0 aliphatic carbocycles. The van der Waals surface area contributed by atoms with Gasteiger partial charge in [-0.05, 0) is 63.4 Å². The number of rotatable bonds is 8. The fraction of sp³-hybridized carbons (Fsp3) is 0.455. The van der Waals surface area contributed by atoms with Crippen LogP contribution in [0.4, 0.5) is 0 Å². The molecule has 0 bridgehead atoms. The van der Waals surface area contributed by atoms with Gasteiger partial charge in [0.25, 0.3) is 5.91 Å². The summed E-state index contributed by atoms with van der Waals surface area (Å²) in [5.74, 6) is 1.51. The molecule has 5 nitrogen and oxygen atoms in total. The second-order valence-electron chi connectivity index (χ2n) is 6.85. The summed E-state index contributed by atoms with van der Waals surface area (Å²) in [5.41, 5.74) is 3.22. The molecule has 0 fully saturated rings. The Bertz CT molecular complexity index is 787. The number of benzene rings is 1. The number of hydrogen-bond acceptors (Lipinski definition) is 4. The van der Waals surface area contributed by atoms with E-state index >= 15 is 0 Å². The van der Waals surface area contributed by atoms with Gasteiger partial charge in [-0.15, -0.1) is 0 Å². The predicted octanol–water partition coefficient (Wildman–Crippen LogP) is 4.62. The van der Waals surface area contributed by atoms with Crippen LogP contribution >= 0.6 is 0 Å². The Hall–Kier alpha value is -2.56. The highest BCUT2D eigenvalue weighted by molar-refractivity contribution is 5.95. The minimum Gasteiger partial charge on any atom is -0.490 e. The number of aryl methyl sites for hydroxylation is 2. The molecule has 1 heterocycles. The molecule has 1 aromatic carbocycles. The molecular formula is C22H30N2O3. The van der Waals surface area contributed by atoms with Gasteiger partial charge in [-0.25, -0.2) is 0 Å². The van der Waals surface area contributed by atoms with Crippen LogP contribution in [0.25, 0.3) is 0 Å². The van der Waals surface area contributed by atoms with Gasteiger partial charge in [-0.3, -0.25) is 9.78 Å². The molecule has 0 aliphatic heterocycles. The van der Waals surface area contributed by atoms with Crippen LogP contribution in [0.1, 0.15) is 61.0 Å². The maximum atomic E-state index is 12.8. The molecule has 5 heteroatoms. The second kappa shape index (κ2) is 9.40. The van der Waals surface area contributed by atoms with Crippen LogP contribution in [-0.2, 0) is 0 Å². The first-order valence-electron chi connectivity index (χ1n) is 9.52. The third-order valence-corrected chi connectivity index (χ3v) is 4.35. The minimum atomic E-state index is -0.145. The topological polar surface area (TPSA) is 60.5 Å². The standard InChI is InChI=1S/C22H30N2O3/c1-7-26-19-12-10-17(13-20(19)27-8-2)21(14(3)4)24-22(25)18-11-9-15(5)23-16(18)6/h9-14,21H,7-8H2,1-6H3,(H,24,25). The Morgan fingerprint density at radius 2 is 1.70 bits per heavy atom. The van der Waals surface area contributed by atoms with E-state index in [4.69, 9.17) is 9.47 Å². The summed E-state index contributed by atoms with van der Waals surface area (Å²) in [5, 5.41) is 3.15. The van der Waals surface area contributed by atoms with Crippen molar-refractivity contribution in [1.29, 1.82) is 0 Å². The van der Waals surface area contributed by atoms with E-state index in [1.807, 2.05) is 58.0 Å². The van der Waals surface area contributed by atoms with Gasteiger partial charge >= 0.3 is 0 Å². The van der Waals surface area contributed by atoms with Crippen molar-refractivity contribution in [2.75, 3.05) is 13.2 Å². The molecule has 146 valence electrons. The quantitative estimate of drug-likeness (QED) is 0.736. The highest BCUT2D eigenvalue weighted by atomic mass is 16.5. The van der Waals surface area contributed by atoms with Gasteiger partial charge in [0.15, 0.2) is 11.5 Å². The molecule has 1 unspecified atom stereocenters. The van der Waals surface area contributed by atoms with Gasteiger partial charge in [-0.1, -0.05) is 19.9 Å². The first-order valence-corrected chi connectivity index (χ1v) is 9.52. The first kappa shape index (κ1) is 20.7. The number of amides is 1. The van der Waals surface area contributed by atoms with Crippen molar-refractivity contribution < 1.29 is 14.3 Å². The summed E-state index contributed by atoms with van der Waals surface area (Å²) in [4.78, 5) is 17.2. The molecule has 1 aromatic heterocycles. The number of aromatic nitrogens is 1. The van der Waals surface area contributed by atoms with E-state index in [0.717, 1.165) is 22.7 Å². The van der Waals surface area contributed by atoms with Crippen LogP contribution in [0, 0.1) is 19.8 Å². The van der Waals surface area contributed by atoms with E-state index in [2.05, 4.69) is 24.1 Å². The van der Waals surface area contributed by atoms with Crippen LogP contribution in [-0.4, -0.2) is 24.1 Å². The van der Waals surface area contributed by atoms with Crippen molar-refractivity contribution in [2.45, 2.75) is 47.6 Å². The van der Waals surface area contributed by atoms with E-state index in [-0.39, 0.29) is 17.9 Å². The zero-order valence-electron chi connectivity index (χ0n) is 17.1. The molecular weight excluding hydrogens is 340 g/mol. The maximum Gasteiger partial charge on any atom is 0.253 e. The molecule has 27 heavy (non-hydrogen) atoms. The lowest BCUT2D eigenvalue weighted by Gasteiger charge is -2.24. The number of nitrogens with zero attached hydrogens (tertiary/aromatic N) is 1. The number of ether oxygens (including phenoxy) is 2. The van der Waals surface area contributed by atoms with Crippen molar-refractivity contribution >= 4 is 5.91 Å². The van der Waals surface area contributed by atoms with Gasteiger partial charge in [0.05, 0.1) is 30.5 Å². The van der Waals surface area contributed by atoms with Crippen LogP contribution in [0.5, 0.6) is 11.5 Å². The van der Waals surface area contributed by atoms with E-state index in [9.17, 15) is 4.79 Å². The summed E-state index contributed by atoms with van der Waals surface area (Å²) in [6.07, 6.45) is 0. The van der Waals surface area contributed by atoms with Crippen LogP contribution < -0.4 is 14.8 Å². The summed E-state index contributed by atoms with van der Waals surface area (Å²) >= 11 is 0. The molecule has 0 radical (unpaired) electrons. The molecule has 1 atom stereocenters. The van der Waals surface area contributed by atoms with Crippen molar-refractivity contribution in [3.63, 3.8) is 0 Å². The van der Waals surface area contributed by atoms with Crippen LogP contribution in [0.3, 0.4) is 0 Å². The molecule has 1 amide bonds. The van der Waals surface area contributed by atoms with Gasteiger partial charge in [0, 0.05) is 5.69 Å². The smallest absolute Gasteiger partial charge is 0.253 e. The lowest BCUT2D eigenvalue weighted by molar-refractivity contribution is 0.0924. The van der Waals surface area contributed by atoms with E-state index in [1.165, 1.54) is 0 Å². The number of hydrogen-bond donors (Lipinski definition) is 1. The lowest BCUT2D eigenvalue weighted by atomic mass is 9.95. The summed E-state index contributed by atoms with van der Waals surface area (Å²) < 4.78 is 11.4. The molecule has 1 N–H and O–H groups in total. The number of carbonyl (C=O) groups excluding carboxylic acids is 1. The Labute approximate surface area is 162 Å². The van der Waals surface area contributed by atoms with Crippen molar-refractivity contribution in [3.05, 3.63) is 52.8 Å². The van der Waals surface area contributed by atoms with Crippen molar-refractivity contribution in [3.8, 4) is 11.5 Å². The SMILES string of the molecule is CCOc1ccc(C(NC(=O)c2ccc(C)nc2C)C(C)C)cc1OCC. The van der Waals surface area contributed by atoms with Gasteiger partial charge < -0.3 is 14.8 Å². The van der Waals surface area contributed by atoms with Gasteiger partial charge in [0.1, 0.15) is 0 Å². The third-order valence-electron chi connectivity index (χ3n) is 4.35. The Morgan fingerprint density at radius 1 is 1.04 bits per heavy atom. The molecule has 2 aromatic rings. The zero-order valence-corrected chi connectivity index (χ0v) is 17.1. The number of carbonyl (C=O) groups is 1. The summed E-state index contributed by atoms with van der Waals surface area (Å²) in [6.45, 7) is 13.0. The van der Waals surface area contributed by atoms with Crippen LogP contribution in [0.2, 0.25) is 0 Å². The average Bonchev–Trinajstić information content (AvgIpc) is 2.61. The van der Waals surface area contributed by atoms with Gasteiger partial charge in [0.2, 0.25) is 0 Å². The highest BCUT2D eigenvalue weighted by Crippen LogP contribution is 2.33. The van der Waals surface area contributed by atoms with Gasteiger partial charge in [-0.2, -0.15) is 0 Å². The molecule has 0 saturated carbocycles. The highest BCUT2D eigenvalue weighted by Gasteiger charge is 2.22. The maximum absolute atomic E-state index is 12.8. The van der Waals surface area contributed by atoms with Crippen molar-refractivity contribution in [2.24, 2.45) is 5.92 Å². The number of pyridine rings is 1. The number of nitrogens with one attached hydrogen (secondary N) is 1. The van der Waals surface area contributed by atoms with E-state index in [1.54, 1.807) is 0 Å². The van der Waals surface area contributed by atoms with E-state index < -0.39 is 0 Å². The molecule has 0 aliphatic rings. The third kappa shape index (κ3) is 5.22. The lowest BCUT2D eigenvalue weighted by Crippen LogP contribution is -2.32. The predicted molar refractivity (Wildman–Crippen MR) is 108 cm³/mol. The fourth-order valence-corrected chi connectivity index (χ4v) is 3.04. The minimum absolute atomic E-state index is 0.120. The first-order chi connectivity index (χ1) is 12.9. The fourth-order valence-electron chi connectivity index (χ4n) is 3.04. The summed E-state index contributed by atoms with van der Waals surface area (Å²) in [6, 6.07) is 9.39. The average molecular weight is 370 g/mol. The molecule has 0 saturated heterocycles. The Balaban J connectivity index is 2.31. The van der Waals surface area contributed by atoms with Crippen LogP contribution in [0.15, 0.2) is 30.3 Å². The zero-order chi connectivity index (χ0) is 20.0. The monoisotopic (exact) mass is 370 g/mol. The second-order valence-corrected chi connectivity index (χ2v) is 6.85.